The van der Waals surface area contributed by atoms with Crippen LogP contribution in [0.3, 0.4) is 0 Å². The molecule has 1 N–H and O–H groups in total. The predicted molar refractivity (Wildman–Crippen MR) is 105 cm³/mol. The van der Waals surface area contributed by atoms with E-state index in [1.165, 1.54) is 0 Å². The number of hydrogen-bond acceptors (Lipinski definition) is 3. The Bertz CT molecular complexity index is 597. The number of carbonyl (C=O) groups is 2. The normalized spacial score (nSPS) is 12.0. The second kappa shape index (κ2) is 9.44. The Morgan fingerprint density at radius 2 is 1.76 bits per heavy atom. The van der Waals surface area contributed by atoms with Gasteiger partial charge in [-0.2, -0.15) is 0 Å². The Hall–Kier alpha value is -2.04. The first kappa shape index (κ1) is 21.0. The van der Waals surface area contributed by atoms with Crippen molar-refractivity contribution in [2.45, 2.75) is 60.0 Å². The molecule has 0 radical (unpaired) electrons. The van der Waals surface area contributed by atoms with E-state index in [0.717, 1.165) is 23.4 Å². The number of nitrogens with one attached hydrogen (secondary N) is 1. The third-order valence-electron chi connectivity index (χ3n) is 4.41. The first-order valence-electron chi connectivity index (χ1n) is 9.11. The van der Waals surface area contributed by atoms with Gasteiger partial charge in [-0.3, -0.25) is 9.59 Å². The van der Waals surface area contributed by atoms with Crippen LogP contribution in [0.2, 0.25) is 0 Å². The van der Waals surface area contributed by atoms with Gasteiger partial charge in [0, 0.05) is 50.4 Å². The zero-order valence-electron chi connectivity index (χ0n) is 16.7. The van der Waals surface area contributed by atoms with Gasteiger partial charge in [0.05, 0.1) is 0 Å². The summed E-state index contributed by atoms with van der Waals surface area (Å²) >= 11 is 0. The van der Waals surface area contributed by atoms with Crippen molar-refractivity contribution in [3.8, 4) is 0 Å². The lowest BCUT2D eigenvalue weighted by Gasteiger charge is -2.32. The highest BCUT2D eigenvalue weighted by molar-refractivity contribution is 5.91. The fraction of sp³-hybridized carbons (Fsp3) is 0.600. The lowest BCUT2D eigenvalue weighted by molar-refractivity contribution is -0.137. The zero-order chi connectivity index (χ0) is 19.1. The average Bonchev–Trinajstić information content (AvgIpc) is 2.57. The Labute approximate surface area is 152 Å². The zero-order valence-corrected chi connectivity index (χ0v) is 16.7. The van der Waals surface area contributed by atoms with E-state index < -0.39 is 0 Å². The van der Waals surface area contributed by atoms with Crippen molar-refractivity contribution in [2.24, 2.45) is 5.92 Å². The Balaban J connectivity index is 3.22. The van der Waals surface area contributed by atoms with Crippen LogP contribution in [-0.4, -0.2) is 36.9 Å². The molecule has 0 aromatic heterocycles. The summed E-state index contributed by atoms with van der Waals surface area (Å²) in [7, 11) is 3.97. The summed E-state index contributed by atoms with van der Waals surface area (Å²) in [6.45, 7) is 10.4. The van der Waals surface area contributed by atoms with Gasteiger partial charge in [0.2, 0.25) is 11.8 Å². The van der Waals surface area contributed by atoms with Crippen molar-refractivity contribution >= 4 is 23.2 Å². The van der Waals surface area contributed by atoms with E-state index in [4.69, 9.17) is 0 Å². The maximum Gasteiger partial charge on any atom is 0.225 e. The molecule has 1 atom stereocenters. The van der Waals surface area contributed by atoms with Gasteiger partial charge in [0.1, 0.15) is 0 Å². The Kier molecular flexibility index (Phi) is 7.94. The highest BCUT2D eigenvalue weighted by Gasteiger charge is 2.23. The summed E-state index contributed by atoms with van der Waals surface area (Å²) in [6, 6.07) is 6.05. The molecule has 1 rings (SSSR count). The van der Waals surface area contributed by atoms with E-state index in [2.05, 4.69) is 19.2 Å². The third-order valence-corrected chi connectivity index (χ3v) is 4.41. The quantitative estimate of drug-likeness (QED) is 0.776. The van der Waals surface area contributed by atoms with Gasteiger partial charge >= 0.3 is 0 Å². The van der Waals surface area contributed by atoms with Crippen LogP contribution in [0.15, 0.2) is 18.2 Å². The lowest BCUT2D eigenvalue weighted by atomic mass is 10.1. The third kappa shape index (κ3) is 5.76. The monoisotopic (exact) mass is 347 g/mol. The minimum Gasteiger partial charge on any atom is -0.377 e. The van der Waals surface area contributed by atoms with Crippen LogP contribution in [0.1, 0.15) is 53.0 Å². The molecular formula is C20H33N3O2. The molecule has 1 aromatic carbocycles. The first-order valence-corrected chi connectivity index (χ1v) is 9.11. The molecule has 0 bridgehead atoms. The summed E-state index contributed by atoms with van der Waals surface area (Å²) in [6.07, 6.45) is 1.34. The van der Waals surface area contributed by atoms with Gasteiger partial charge in [-0.05, 0) is 37.1 Å². The van der Waals surface area contributed by atoms with Gasteiger partial charge in [-0.1, -0.05) is 27.7 Å². The van der Waals surface area contributed by atoms with Crippen molar-refractivity contribution < 1.29 is 9.59 Å². The summed E-state index contributed by atoms with van der Waals surface area (Å²) in [4.78, 5) is 28.4. The van der Waals surface area contributed by atoms with E-state index in [-0.39, 0.29) is 23.8 Å². The number of nitrogens with zero attached hydrogens (tertiary/aromatic N) is 2. The topological polar surface area (TPSA) is 52.7 Å². The molecule has 5 nitrogen and oxygen atoms in total. The van der Waals surface area contributed by atoms with Crippen molar-refractivity contribution in [2.75, 3.05) is 24.3 Å². The SMILES string of the molecule is CCC(=O)Nc1ccc(N(C)C)c(CN(C(=O)C(C)C)[C@H](C)CC)c1. The maximum absolute atomic E-state index is 12.7. The molecule has 2 amide bonds. The van der Waals surface area contributed by atoms with Gasteiger partial charge in [0.15, 0.2) is 0 Å². The first-order chi connectivity index (χ1) is 11.7. The Morgan fingerprint density at radius 1 is 1.12 bits per heavy atom. The average molecular weight is 348 g/mol. The molecule has 0 unspecified atom stereocenters. The number of benzene rings is 1. The van der Waals surface area contributed by atoms with Crippen molar-refractivity contribution in [1.29, 1.82) is 0 Å². The molecule has 5 heteroatoms. The molecule has 0 aliphatic heterocycles. The highest BCUT2D eigenvalue weighted by atomic mass is 16.2. The van der Waals surface area contributed by atoms with Gasteiger partial charge in [0.25, 0.3) is 0 Å². The molecule has 0 saturated carbocycles. The fourth-order valence-corrected chi connectivity index (χ4v) is 2.66. The molecule has 0 spiro atoms. The minimum atomic E-state index is -0.0419. The number of rotatable bonds is 8. The smallest absolute Gasteiger partial charge is 0.225 e. The lowest BCUT2D eigenvalue weighted by Crippen LogP contribution is -2.40. The molecule has 0 saturated heterocycles. The molecule has 25 heavy (non-hydrogen) atoms. The van der Waals surface area contributed by atoms with E-state index in [0.29, 0.717) is 13.0 Å². The van der Waals surface area contributed by atoms with Crippen LogP contribution in [0.5, 0.6) is 0 Å². The van der Waals surface area contributed by atoms with Gasteiger partial charge < -0.3 is 15.1 Å². The Morgan fingerprint density at radius 3 is 2.24 bits per heavy atom. The molecule has 0 fully saturated rings. The highest BCUT2D eigenvalue weighted by Crippen LogP contribution is 2.26. The number of hydrogen-bond donors (Lipinski definition) is 1. The molecule has 1 aromatic rings. The van der Waals surface area contributed by atoms with Crippen molar-refractivity contribution in [1.82, 2.24) is 4.90 Å². The predicted octanol–water partition coefficient (Wildman–Crippen LogP) is 3.88. The minimum absolute atomic E-state index is 0.0133. The number of carbonyl (C=O) groups excluding carboxylic acids is 2. The van der Waals surface area contributed by atoms with E-state index >= 15 is 0 Å². The standard InChI is InChI=1S/C20H33N3O2/c1-8-15(5)23(20(25)14(3)4)13-16-12-17(21-19(24)9-2)10-11-18(16)22(6)7/h10-12,14-15H,8-9,13H2,1-7H3,(H,21,24)/t15-/m1/s1. The molecule has 0 heterocycles. The summed E-state index contributed by atoms with van der Waals surface area (Å²) < 4.78 is 0. The number of amides is 2. The summed E-state index contributed by atoms with van der Waals surface area (Å²) in [5.74, 6) is 0.0995. The second-order valence-corrected chi connectivity index (χ2v) is 7.02. The van der Waals surface area contributed by atoms with Crippen LogP contribution in [0, 0.1) is 5.92 Å². The molecular weight excluding hydrogens is 314 g/mol. The summed E-state index contributed by atoms with van der Waals surface area (Å²) in [5.41, 5.74) is 2.86. The fourth-order valence-electron chi connectivity index (χ4n) is 2.66. The molecule has 0 aliphatic rings. The van der Waals surface area contributed by atoms with Crippen molar-refractivity contribution in [3.63, 3.8) is 0 Å². The summed E-state index contributed by atoms with van der Waals surface area (Å²) in [5, 5.41) is 2.91. The van der Waals surface area contributed by atoms with Crippen LogP contribution in [0.25, 0.3) is 0 Å². The maximum atomic E-state index is 12.7. The van der Waals surface area contributed by atoms with Crippen LogP contribution in [-0.2, 0) is 16.1 Å². The van der Waals surface area contributed by atoms with Gasteiger partial charge in [-0.15, -0.1) is 0 Å². The van der Waals surface area contributed by atoms with E-state index in [1.807, 2.05) is 62.9 Å². The van der Waals surface area contributed by atoms with E-state index in [1.54, 1.807) is 0 Å². The van der Waals surface area contributed by atoms with E-state index in [9.17, 15) is 9.59 Å². The molecule has 140 valence electrons. The van der Waals surface area contributed by atoms with Crippen molar-refractivity contribution in [3.05, 3.63) is 23.8 Å². The largest absolute Gasteiger partial charge is 0.377 e. The number of anilines is 2. The second-order valence-electron chi connectivity index (χ2n) is 7.02. The molecule has 0 aliphatic carbocycles. The van der Waals surface area contributed by atoms with Gasteiger partial charge in [-0.25, -0.2) is 0 Å². The van der Waals surface area contributed by atoms with Crippen LogP contribution >= 0.6 is 0 Å². The van der Waals surface area contributed by atoms with Crippen LogP contribution in [0.4, 0.5) is 11.4 Å². The van der Waals surface area contributed by atoms with Crippen LogP contribution < -0.4 is 10.2 Å².